The molecule has 0 fully saturated rings. The Labute approximate surface area is 110 Å². The Bertz CT molecular complexity index is 681. The quantitative estimate of drug-likeness (QED) is 0.720. The molecule has 0 saturated heterocycles. The van der Waals surface area contributed by atoms with Gasteiger partial charge in [0.2, 0.25) is 0 Å². The van der Waals surface area contributed by atoms with Crippen molar-refractivity contribution < 1.29 is 0 Å². The highest BCUT2D eigenvalue weighted by atomic mass is 32.1. The van der Waals surface area contributed by atoms with Crippen molar-refractivity contribution in [1.82, 2.24) is 14.5 Å². The number of nitrogens with zero attached hydrogens (tertiary/aromatic N) is 3. The van der Waals surface area contributed by atoms with Crippen LogP contribution in [0.15, 0.2) is 30.5 Å². The van der Waals surface area contributed by atoms with Crippen molar-refractivity contribution in [2.24, 2.45) is 0 Å². The molecule has 0 N–H and O–H groups in total. The van der Waals surface area contributed by atoms with Crippen LogP contribution in [-0.2, 0) is 13.0 Å². The summed E-state index contributed by atoms with van der Waals surface area (Å²) in [6.07, 6.45) is 2.92. The maximum atomic E-state index is 4.68. The van der Waals surface area contributed by atoms with Gasteiger partial charge in [-0.15, -0.1) is 11.3 Å². The maximum absolute atomic E-state index is 4.68. The molecule has 92 valence electrons. The van der Waals surface area contributed by atoms with E-state index in [9.17, 15) is 0 Å². The Hall–Kier alpha value is -1.68. The zero-order valence-electron chi connectivity index (χ0n) is 10.6. The summed E-state index contributed by atoms with van der Waals surface area (Å²) in [5.41, 5.74) is 2.29. The maximum Gasteiger partial charge on any atom is 0.109 e. The second kappa shape index (κ2) is 4.53. The van der Waals surface area contributed by atoms with Gasteiger partial charge in [0.05, 0.1) is 22.6 Å². The smallest absolute Gasteiger partial charge is 0.109 e. The first-order valence-electron chi connectivity index (χ1n) is 6.13. The van der Waals surface area contributed by atoms with Crippen LogP contribution in [0, 0.1) is 6.92 Å². The fourth-order valence-electron chi connectivity index (χ4n) is 2.21. The van der Waals surface area contributed by atoms with Crippen LogP contribution in [0.3, 0.4) is 0 Å². The van der Waals surface area contributed by atoms with Gasteiger partial charge < -0.3 is 4.57 Å². The molecule has 0 aliphatic carbocycles. The van der Waals surface area contributed by atoms with Gasteiger partial charge in [-0.2, -0.15) is 0 Å². The molecule has 18 heavy (non-hydrogen) atoms. The van der Waals surface area contributed by atoms with Gasteiger partial charge >= 0.3 is 0 Å². The van der Waals surface area contributed by atoms with Crippen LogP contribution in [0.5, 0.6) is 0 Å². The largest absolute Gasteiger partial charge is 0.323 e. The van der Waals surface area contributed by atoms with Crippen molar-refractivity contribution in [3.05, 3.63) is 46.2 Å². The minimum Gasteiger partial charge on any atom is -0.323 e. The molecule has 0 radical (unpaired) electrons. The van der Waals surface area contributed by atoms with Gasteiger partial charge in [0.25, 0.3) is 0 Å². The van der Waals surface area contributed by atoms with Crippen LogP contribution < -0.4 is 0 Å². The fourth-order valence-corrected chi connectivity index (χ4v) is 2.99. The van der Waals surface area contributed by atoms with Crippen LogP contribution in [0.25, 0.3) is 11.0 Å². The molecule has 0 amide bonds. The Kier molecular flexibility index (Phi) is 2.88. The predicted octanol–water partition coefficient (Wildman–Crippen LogP) is 3.41. The monoisotopic (exact) mass is 257 g/mol. The summed E-state index contributed by atoms with van der Waals surface area (Å²) in [5, 5.41) is 1.12. The Morgan fingerprint density at radius 3 is 2.83 bits per heavy atom. The third kappa shape index (κ3) is 1.93. The SMILES string of the molecule is CCc1nc2ccccc2n1Cc1cnc(C)s1. The van der Waals surface area contributed by atoms with E-state index >= 15 is 0 Å². The molecule has 0 unspecified atom stereocenters. The molecule has 3 rings (SSSR count). The Morgan fingerprint density at radius 2 is 2.11 bits per heavy atom. The average molecular weight is 257 g/mol. The summed E-state index contributed by atoms with van der Waals surface area (Å²) in [5.74, 6) is 1.14. The first kappa shape index (κ1) is 11.4. The third-order valence-electron chi connectivity index (χ3n) is 3.03. The summed E-state index contributed by atoms with van der Waals surface area (Å²) in [6, 6.07) is 8.31. The molecule has 0 bridgehead atoms. The zero-order valence-corrected chi connectivity index (χ0v) is 11.4. The molecule has 3 aromatic rings. The van der Waals surface area contributed by atoms with E-state index in [2.05, 4.69) is 39.7 Å². The van der Waals surface area contributed by atoms with E-state index in [-0.39, 0.29) is 0 Å². The number of rotatable bonds is 3. The van der Waals surface area contributed by atoms with Crippen molar-refractivity contribution >= 4 is 22.4 Å². The van der Waals surface area contributed by atoms with Crippen LogP contribution in [-0.4, -0.2) is 14.5 Å². The number of thiazole rings is 1. The first-order valence-corrected chi connectivity index (χ1v) is 6.95. The number of fused-ring (bicyclic) bond motifs is 1. The van der Waals surface area contributed by atoms with Crippen LogP contribution in [0.4, 0.5) is 0 Å². The predicted molar refractivity (Wildman–Crippen MR) is 75.1 cm³/mol. The minimum atomic E-state index is 0.870. The molecule has 3 nitrogen and oxygen atoms in total. The average Bonchev–Trinajstić information content (AvgIpc) is 2.94. The molecule has 2 heterocycles. The van der Waals surface area contributed by atoms with Crippen molar-refractivity contribution in [2.75, 3.05) is 0 Å². The van der Waals surface area contributed by atoms with Crippen molar-refractivity contribution in [1.29, 1.82) is 0 Å². The van der Waals surface area contributed by atoms with Gasteiger partial charge in [0.15, 0.2) is 0 Å². The van der Waals surface area contributed by atoms with E-state index in [1.165, 1.54) is 10.4 Å². The molecule has 2 aromatic heterocycles. The van der Waals surface area contributed by atoms with E-state index in [0.29, 0.717) is 0 Å². The molecular formula is C14H15N3S. The highest BCUT2D eigenvalue weighted by molar-refractivity contribution is 7.11. The molecule has 0 aliphatic rings. The lowest BCUT2D eigenvalue weighted by atomic mass is 10.3. The number of hydrogen-bond acceptors (Lipinski definition) is 3. The van der Waals surface area contributed by atoms with Crippen LogP contribution >= 0.6 is 11.3 Å². The molecule has 1 aromatic carbocycles. The number of para-hydroxylation sites is 2. The van der Waals surface area contributed by atoms with Crippen LogP contribution in [0.2, 0.25) is 0 Å². The first-order chi connectivity index (χ1) is 8.78. The lowest BCUT2D eigenvalue weighted by Gasteiger charge is -2.05. The molecule has 0 spiro atoms. The van der Waals surface area contributed by atoms with Gasteiger partial charge in [0.1, 0.15) is 5.82 Å². The van der Waals surface area contributed by atoms with Gasteiger partial charge in [0, 0.05) is 17.5 Å². The Morgan fingerprint density at radius 1 is 1.28 bits per heavy atom. The normalized spacial score (nSPS) is 11.2. The van der Waals surface area contributed by atoms with E-state index < -0.39 is 0 Å². The fraction of sp³-hybridized carbons (Fsp3) is 0.286. The van der Waals surface area contributed by atoms with E-state index in [1.807, 2.05) is 19.2 Å². The molecule has 4 heteroatoms. The topological polar surface area (TPSA) is 30.7 Å². The van der Waals surface area contributed by atoms with Gasteiger partial charge in [-0.05, 0) is 19.1 Å². The van der Waals surface area contributed by atoms with Crippen molar-refractivity contribution in [2.45, 2.75) is 26.8 Å². The van der Waals surface area contributed by atoms with Gasteiger partial charge in [-0.1, -0.05) is 19.1 Å². The summed E-state index contributed by atoms with van der Waals surface area (Å²) in [7, 11) is 0. The lowest BCUT2D eigenvalue weighted by molar-refractivity contribution is 0.760. The standard InChI is InChI=1S/C14H15N3S/c1-3-14-16-12-6-4-5-7-13(12)17(14)9-11-8-15-10(2)18-11/h4-8H,3,9H2,1-2H3. The highest BCUT2D eigenvalue weighted by Gasteiger charge is 2.10. The Balaban J connectivity index is 2.09. The van der Waals surface area contributed by atoms with Gasteiger partial charge in [-0.25, -0.2) is 9.97 Å². The molecule has 0 atom stereocenters. The zero-order chi connectivity index (χ0) is 12.5. The number of aromatic nitrogens is 3. The number of benzene rings is 1. The van der Waals surface area contributed by atoms with E-state index in [1.54, 1.807) is 11.3 Å². The second-order valence-corrected chi connectivity index (χ2v) is 5.62. The summed E-state index contributed by atoms with van der Waals surface area (Å²) in [4.78, 5) is 10.3. The molecule has 0 saturated carbocycles. The number of hydrogen-bond donors (Lipinski definition) is 0. The third-order valence-corrected chi connectivity index (χ3v) is 3.93. The number of imidazole rings is 1. The summed E-state index contributed by atoms with van der Waals surface area (Å²) >= 11 is 1.75. The number of aryl methyl sites for hydroxylation is 2. The minimum absolute atomic E-state index is 0.870. The van der Waals surface area contributed by atoms with Gasteiger partial charge in [-0.3, -0.25) is 0 Å². The van der Waals surface area contributed by atoms with Crippen molar-refractivity contribution in [3.8, 4) is 0 Å². The summed E-state index contributed by atoms with van der Waals surface area (Å²) in [6.45, 7) is 5.06. The van der Waals surface area contributed by atoms with Crippen molar-refractivity contribution in [3.63, 3.8) is 0 Å². The summed E-state index contributed by atoms with van der Waals surface area (Å²) < 4.78 is 2.29. The van der Waals surface area contributed by atoms with E-state index in [4.69, 9.17) is 0 Å². The lowest BCUT2D eigenvalue weighted by Crippen LogP contribution is -2.02. The highest BCUT2D eigenvalue weighted by Crippen LogP contribution is 2.20. The molecule has 0 aliphatic heterocycles. The van der Waals surface area contributed by atoms with E-state index in [0.717, 1.165) is 29.3 Å². The van der Waals surface area contributed by atoms with Crippen LogP contribution in [0.1, 0.15) is 22.6 Å². The molecular weight excluding hydrogens is 242 g/mol. The second-order valence-electron chi connectivity index (χ2n) is 4.30.